The Hall–Kier alpha value is -1.87. The van der Waals surface area contributed by atoms with E-state index in [0.717, 1.165) is 43.4 Å². The first-order valence-electron chi connectivity index (χ1n) is 10.5. The Morgan fingerprint density at radius 2 is 1.97 bits per heavy atom. The highest BCUT2D eigenvalue weighted by atomic mass is 127. The summed E-state index contributed by atoms with van der Waals surface area (Å²) >= 11 is 0. The van der Waals surface area contributed by atoms with Gasteiger partial charge in [-0.1, -0.05) is 30.3 Å². The van der Waals surface area contributed by atoms with Gasteiger partial charge in [0.2, 0.25) is 0 Å². The van der Waals surface area contributed by atoms with Gasteiger partial charge in [-0.15, -0.1) is 24.0 Å². The SMILES string of the molecule is CCNC(=NCc1ccnc(N(C)C)c1)NC1CC(C)N(Cc2ccccc2)C1.I. The molecule has 2 aromatic rings. The van der Waals surface area contributed by atoms with E-state index in [0.29, 0.717) is 18.6 Å². The van der Waals surface area contributed by atoms with E-state index in [1.54, 1.807) is 0 Å². The molecule has 1 aromatic carbocycles. The average molecular weight is 522 g/mol. The van der Waals surface area contributed by atoms with Crippen LogP contribution in [0.5, 0.6) is 0 Å². The second-order valence-electron chi connectivity index (χ2n) is 7.95. The van der Waals surface area contributed by atoms with Crippen LogP contribution in [-0.2, 0) is 13.1 Å². The van der Waals surface area contributed by atoms with Crippen molar-refractivity contribution in [1.82, 2.24) is 20.5 Å². The maximum Gasteiger partial charge on any atom is 0.191 e. The van der Waals surface area contributed by atoms with E-state index in [2.05, 4.69) is 70.8 Å². The molecule has 3 rings (SSSR count). The van der Waals surface area contributed by atoms with Gasteiger partial charge in [-0.3, -0.25) is 4.90 Å². The van der Waals surface area contributed by atoms with Crippen LogP contribution >= 0.6 is 24.0 Å². The van der Waals surface area contributed by atoms with Crippen molar-refractivity contribution in [3.63, 3.8) is 0 Å². The number of hydrogen-bond donors (Lipinski definition) is 2. The van der Waals surface area contributed by atoms with Crippen molar-refractivity contribution in [3.8, 4) is 0 Å². The number of nitrogens with one attached hydrogen (secondary N) is 2. The van der Waals surface area contributed by atoms with Gasteiger partial charge in [-0.25, -0.2) is 9.98 Å². The van der Waals surface area contributed by atoms with E-state index in [-0.39, 0.29) is 24.0 Å². The summed E-state index contributed by atoms with van der Waals surface area (Å²) in [5, 5.41) is 7.03. The van der Waals surface area contributed by atoms with Gasteiger partial charge in [0.25, 0.3) is 0 Å². The number of nitrogens with zero attached hydrogens (tertiary/aromatic N) is 4. The van der Waals surface area contributed by atoms with Gasteiger partial charge < -0.3 is 15.5 Å². The molecule has 6 nitrogen and oxygen atoms in total. The smallest absolute Gasteiger partial charge is 0.191 e. The highest BCUT2D eigenvalue weighted by molar-refractivity contribution is 14.0. The van der Waals surface area contributed by atoms with Crippen LogP contribution in [0.3, 0.4) is 0 Å². The van der Waals surface area contributed by atoms with E-state index in [1.807, 2.05) is 31.3 Å². The van der Waals surface area contributed by atoms with Gasteiger partial charge in [0.1, 0.15) is 5.82 Å². The number of benzene rings is 1. The fourth-order valence-electron chi connectivity index (χ4n) is 3.73. The van der Waals surface area contributed by atoms with Crippen molar-refractivity contribution in [2.24, 2.45) is 4.99 Å². The summed E-state index contributed by atoms with van der Waals surface area (Å²) < 4.78 is 0. The van der Waals surface area contributed by atoms with Crippen LogP contribution in [0, 0.1) is 0 Å². The Labute approximate surface area is 198 Å². The van der Waals surface area contributed by atoms with Crippen molar-refractivity contribution in [2.75, 3.05) is 32.1 Å². The number of aromatic nitrogens is 1. The molecule has 2 unspecified atom stereocenters. The van der Waals surface area contributed by atoms with Gasteiger partial charge >= 0.3 is 0 Å². The Kier molecular flexibility index (Phi) is 9.84. The fourth-order valence-corrected chi connectivity index (χ4v) is 3.73. The Bertz CT molecular complexity index is 795. The number of anilines is 1. The van der Waals surface area contributed by atoms with E-state index in [9.17, 15) is 0 Å². The first-order valence-corrected chi connectivity index (χ1v) is 10.5. The number of guanidine groups is 1. The Balaban J connectivity index is 0.00000320. The summed E-state index contributed by atoms with van der Waals surface area (Å²) in [4.78, 5) is 13.7. The summed E-state index contributed by atoms with van der Waals surface area (Å²) in [5.74, 6) is 1.84. The maximum absolute atomic E-state index is 4.81. The monoisotopic (exact) mass is 522 g/mol. The summed E-state index contributed by atoms with van der Waals surface area (Å²) in [7, 11) is 4.01. The summed E-state index contributed by atoms with van der Waals surface area (Å²) in [6.45, 7) is 7.93. The lowest BCUT2D eigenvalue weighted by atomic mass is 10.2. The van der Waals surface area contributed by atoms with Gasteiger partial charge in [-0.05, 0) is 43.5 Å². The summed E-state index contributed by atoms with van der Waals surface area (Å²) in [6.07, 6.45) is 2.97. The standard InChI is InChI=1S/C23H34N6.HI/c1-5-24-23(26-15-20-11-12-25-22(14-20)28(3)4)27-21-13-18(2)29(17-21)16-19-9-7-6-8-10-19;/h6-12,14,18,21H,5,13,15-17H2,1-4H3,(H2,24,26,27);1H. The lowest BCUT2D eigenvalue weighted by Gasteiger charge is -2.21. The molecule has 1 aliphatic heterocycles. The van der Waals surface area contributed by atoms with Crippen LogP contribution in [0.25, 0.3) is 0 Å². The van der Waals surface area contributed by atoms with Crippen LogP contribution in [0.15, 0.2) is 53.7 Å². The number of rotatable bonds is 7. The fraction of sp³-hybridized carbons (Fsp3) is 0.478. The normalized spacial score (nSPS) is 19.3. The zero-order valence-corrected chi connectivity index (χ0v) is 20.8. The summed E-state index contributed by atoms with van der Waals surface area (Å²) in [6, 6.07) is 15.8. The van der Waals surface area contributed by atoms with Gasteiger partial charge in [0, 0.05) is 52.0 Å². The zero-order chi connectivity index (χ0) is 20.6. The van der Waals surface area contributed by atoms with E-state index in [4.69, 9.17) is 4.99 Å². The predicted molar refractivity (Wildman–Crippen MR) is 137 cm³/mol. The van der Waals surface area contributed by atoms with Crippen LogP contribution in [-0.4, -0.2) is 55.1 Å². The molecule has 2 heterocycles. The number of hydrogen-bond acceptors (Lipinski definition) is 4. The van der Waals surface area contributed by atoms with Crippen LogP contribution < -0.4 is 15.5 Å². The molecular formula is C23H35IN6. The lowest BCUT2D eigenvalue weighted by Crippen LogP contribution is -2.44. The molecule has 2 atom stereocenters. The minimum absolute atomic E-state index is 0. The topological polar surface area (TPSA) is 55.8 Å². The van der Waals surface area contributed by atoms with Crippen molar-refractivity contribution < 1.29 is 0 Å². The number of pyridine rings is 1. The van der Waals surface area contributed by atoms with Crippen LogP contribution in [0.2, 0.25) is 0 Å². The number of likely N-dealkylation sites (tertiary alicyclic amines) is 1. The molecule has 0 radical (unpaired) electrons. The van der Waals surface area contributed by atoms with E-state index >= 15 is 0 Å². The highest BCUT2D eigenvalue weighted by Crippen LogP contribution is 2.20. The zero-order valence-electron chi connectivity index (χ0n) is 18.5. The van der Waals surface area contributed by atoms with Crippen molar-refractivity contribution >= 4 is 35.8 Å². The van der Waals surface area contributed by atoms with E-state index < -0.39 is 0 Å². The molecule has 2 N–H and O–H groups in total. The molecule has 0 aliphatic carbocycles. The molecule has 0 saturated carbocycles. The minimum atomic E-state index is 0. The first kappa shape index (κ1) is 24.4. The Morgan fingerprint density at radius 3 is 2.67 bits per heavy atom. The molecule has 1 fully saturated rings. The van der Waals surface area contributed by atoms with Crippen molar-refractivity contribution in [3.05, 3.63) is 59.8 Å². The second kappa shape index (κ2) is 12.1. The van der Waals surface area contributed by atoms with Gasteiger partial charge in [0.15, 0.2) is 5.96 Å². The Morgan fingerprint density at radius 1 is 1.20 bits per heavy atom. The molecule has 0 bridgehead atoms. The average Bonchev–Trinajstić information content (AvgIpc) is 3.06. The molecule has 1 aliphatic rings. The van der Waals surface area contributed by atoms with E-state index in [1.165, 1.54) is 5.56 Å². The quantitative estimate of drug-likeness (QED) is 0.332. The molecule has 0 amide bonds. The third-order valence-corrected chi connectivity index (χ3v) is 5.31. The molecule has 30 heavy (non-hydrogen) atoms. The third-order valence-electron chi connectivity index (χ3n) is 5.31. The molecule has 0 spiro atoms. The number of halogens is 1. The lowest BCUT2D eigenvalue weighted by molar-refractivity contribution is 0.258. The largest absolute Gasteiger partial charge is 0.363 e. The minimum Gasteiger partial charge on any atom is -0.363 e. The predicted octanol–water partition coefficient (Wildman–Crippen LogP) is 3.48. The maximum atomic E-state index is 4.81. The first-order chi connectivity index (χ1) is 14.0. The summed E-state index contributed by atoms with van der Waals surface area (Å²) in [5.41, 5.74) is 2.53. The van der Waals surface area contributed by atoms with Crippen LogP contribution in [0.1, 0.15) is 31.4 Å². The third kappa shape index (κ3) is 7.12. The number of aliphatic imine (C=N–C) groups is 1. The molecule has 7 heteroatoms. The van der Waals surface area contributed by atoms with Crippen molar-refractivity contribution in [1.29, 1.82) is 0 Å². The molecular weight excluding hydrogens is 487 g/mol. The molecule has 1 aromatic heterocycles. The van der Waals surface area contributed by atoms with Gasteiger partial charge in [0.05, 0.1) is 6.54 Å². The van der Waals surface area contributed by atoms with Crippen LogP contribution in [0.4, 0.5) is 5.82 Å². The molecule has 1 saturated heterocycles. The second-order valence-corrected chi connectivity index (χ2v) is 7.95. The van der Waals surface area contributed by atoms with Crippen molar-refractivity contribution in [2.45, 2.75) is 45.4 Å². The molecule has 164 valence electrons. The van der Waals surface area contributed by atoms with Gasteiger partial charge in [-0.2, -0.15) is 0 Å². The highest BCUT2D eigenvalue weighted by Gasteiger charge is 2.29.